The number of nitrogens with two attached hydrogens (primary N) is 1. The molecule has 0 aliphatic carbocycles. The van der Waals surface area contributed by atoms with Crippen molar-refractivity contribution in [1.82, 2.24) is 4.90 Å². The molecule has 2 amide bonds. The fourth-order valence-corrected chi connectivity index (χ4v) is 2.52. The molecule has 132 valence electrons. The smallest absolute Gasteiger partial charge is 0.410 e. The molecule has 7 heteroatoms. The van der Waals surface area contributed by atoms with E-state index in [1.165, 1.54) is 18.2 Å². The maximum absolute atomic E-state index is 13.7. The minimum absolute atomic E-state index is 0.115. The highest BCUT2D eigenvalue weighted by atomic mass is 19.1. The summed E-state index contributed by atoms with van der Waals surface area (Å²) in [4.78, 5) is 25.9. The number of ether oxygens (including phenoxy) is 1. The normalized spacial score (nSPS) is 15.9. The Morgan fingerprint density at radius 3 is 2.46 bits per heavy atom. The van der Waals surface area contributed by atoms with E-state index >= 15 is 0 Å². The number of hydrogen-bond acceptors (Lipinski definition) is 4. The van der Waals surface area contributed by atoms with Gasteiger partial charge in [0.1, 0.15) is 11.4 Å². The van der Waals surface area contributed by atoms with Gasteiger partial charge in [0.05, 0.1) is 5.69 Å². The van der Waals surface area contributed by atoms with Gasteiger partial charge in [-0.15, -0.1) is 0 Å². The van der Waals surface area contributed by atoms with Crippen LogP contribution in [0.4, 0.5) is 20.6 Å². The predicted molar refractivity (Wildman–Crippen MR) is 90.0 cm³/mol. The van der Waals surface area contributed by atoms with Crippen LogP contribution in [-0.2, 0) is 9.53 Å². The lowest BCUT2D eigenvalue weighted by molar-refractivity contribution is -0.121. The van der Waals surface area contributed by atoms with Gasteiger partial charge in [0.25, 0.3) is 0 Å². The Bertz CT molecular complexity index is 620. The van der Waals surface area contributed by atoms with Gasteiger partial charge in [0.15, 0.2) is 0 Å². The van der Waals surface area contributed by atoms with Crippen LogP contribution in [0.15, 0.2) is 18.2 Å². The van der Waals surface area contributed by atoms with Crippen LogP contribution in [0.3, 0.4) is 0 Å². The molecule has 0 bridgehead atoms. The van der Waals surface area contributed by atoms with E-state index in [0.29, 0.717) is 31.6 Å². The Kier molecular flexibility index (Phi) is 5.31. The topological polar surface area (TPSA) is 84.7 Å². The molecule has 0 spiro atoms. The number of piperidine rings is 1. The monoisotopic (exact) mass is 337 g/mol. The Labute approximate surface area is 141 Å². The predicted octanol–water partition coefficient (Wildman–Crippen LogP) is 2.99. The fraction of sp³-hybridized carbons (Fsp3) is 0.529. The van der Waals surface area contributed by atoms with E-state index in [-0.39, 0.29) is 23.6 Å². The molecule has 24 heavy (non-hydrogen) atoms. The second kappa shape index (κ2) is 7.07. The number of anilines is 2. The van der Waals surface area contributed by atoms with Crippen molar-refractivity contribution in [2.45, 2.75) is 39.2 Å². The third-order valence-corrected chi connectivity index (χ3v) is 3.77. The molecule has 0 saturated carbocycles. The van der Waals surface area contributed by atoms with Crippen LogP contribution in [0, 0.1) is 11.7 Å². The minimum Gasteiger partial charge on any atom is -0.444 e. The molecule has 0 radical (unpaired) electrons. The molecular weight excluding hydrogens is 313 g/mol. The van der Waals surface area contributed by atoms with Crippen molar-refractivity contribution in [3.8, 4) is 0 Å². The van der Waals surface area contributed by atoms with Gasteiger partial charge >= 0.3 is 6.09 Å². The van der Waals surface area contributed by atoms with E-state index in [1.54, 1.807) is 4.90 Å². The highest BCUT2D eigenvalue weighted by Gasteiger charge is 2.30. The maximum atomic E-state index is 13.7. The molecule has 1 aliphatic heterocycles. The number of hydrogen-bond donors (Lipinski definition) is 2. The number of nitrogens with one attached hydrogen (secondary N) is 1. The quantitative estimate of drug-likeness (QED) is 0.813. The summed E-state index contributed by atoms with van der Waals surface area (Å²) >= 11 is 0. The molecule has 1 fully saturated rings. The van der Waals surface area contributed by atoms with Gasteiger partial charge in [-0.1, -0.05) is 0 Å². The summed E-state index contributed by atoms with van der Waals surface area (Å²) in [5.74, 6) is -1.07. The summed E-state index contributed by atoms with van der Waals surface area (Å²) in [6.45, 7) is 6.32. The Morgan fingerprint density at radius 1 is 1.29 bits per heavy atom. The molecule has 1 aromatic carbocycles. The van der Waals surface area contributed by atoms with Gasteiger partial charge in [-0.2, -0.15) is 0 Å². The average molecular weight is 337 g/mol. The molecule has 0 aromatic heterocycles. The molecule has 1 saturated heterocycles. The average Bonchev–Trinajstić information content (AvgIpc) is 2.48. The van der Waals surface area contributed by atoms with Crippen LogP contribution in [0.25, 0.3) is 0 Å². The van der Waals surface area contributed by atoms with Crippen molar-refractivity contribution in [1.29, 1.82) is 0 Å². The molecule has 0 unspecified atom stereocenters. The number of benzene rings is 1. The lowest BCUT2D eigenvalue weighted by Crippen LogP contribution is -2.43. The van der Waals surface area contributed by atoms with Crippen LogP contribution in [0.1, 0.15) is 33.6 Å². The van der Waals surface area contributed by atoms with Crippen LogP contribution in [-0.4, -0.2) is 35.6 Å². The van der Waals surface area contributed by atoms with Crippen molar-refractivity contribution in [2.24, 2.45) is 5.92 Å². The first-order valence-electron chi connectivity index (χ1n) is 7.99. The van der Waals surface area contributed by atoms with Gasteiger partial charge in [0.2, 0.25) is 5.91 Å². The van der Waals surface area contributed by atoms with Crippen molar-refractivity contribution in [2.75, 3.05) is 24.1 Å². The van der Waals surface area contributed by atoms with E-state index in [9.17, 15) is 14.0 Å². The first-order chi connectivity index (χ1) is 11.2. The van der Waals surface area contributed by atoms with Crippen LogP contribution in [0.5, 0.6) is 0 Å². The van der Waals surface area contributed by atoms with E-state index in [4.69, 9.17) is 10.5 Å². The van der Waals surface area contributed by atoms with Crippen LogP contribution < -0.4 is 11.1 Å². The zero-order valence-electron chi connectivity index (χ0n) is 14.3. The Morgan fingerprint density at radius 2 is 1.92 bits per heavy atom. The number of carbonyl (C=O) groups excluding carboxylic acids is 2. The first-order valence-corrected chi connectivity index (χ1v) is 7.99. The van der Waals surface area contributed by atoms with E-state index in [1.807, 2.05) is 20.8 Å². The minimum atomic E-state index is -0.561. The molecule has 1 heterocycles. The lowest BCUT2D eigenvalue weighted by Gasteiger charge is -2.32. The number of likely N-dealkylation sites (tertiary alicyclic amines) is 1. The summed E-state index contributed by atoms with van der Waals surface area (Å²) in [6.07, 6.45) is 0.662. The SMILES string of the molecule is CC(C)(C)OC(=O)N1CCC(C(=O)Nc2ccc(N)cc2F)CC1. The third-order valence-electron chi connectivity index (χ3n) is 3.77. The van der Waals surface area contributed by atoms with Gasteiger partial charge in [0, 0.05) is 24.7 Å². The molecule has 6 nitrogen and oxygen atoms in total. The Balaban J connectivity index is 1.87. The number of carbonyl (C=O) groups is 2. The molecule has 1 aliphatic rings. The maximum Gasteiger partial charge on any atom is 0.410 e. The zero-order valence-corrected chi connectivity index (χ0v) is 14.3. The van der Waals surface area contributed by atoms with Crippen LogP contribution in [0.2, 0.25) is 0 Å². The highest BCUT2D eigenvalue weighted by Crippen LogP contribution is 2.23. The summed E-state index contributed by atoms with van der Waals surface area (Å²) < 4.78 is 19.1. The van der Waals surface area contributed by atoms with E-state index in [2.05, 4.69) is 5.32 Å². The fourth-order valence-electron chi connectivity index (χ4n) is 2.52. The Hall–Kier alpha value is -2.31. The van der Waals surface area contributed by atoms with Crippen molar-refractivity contribution < 1.29 is 18.7 Å². The standard InChI is InChI=1S/C17H24FN3O3/c1-17(2,3)24-16(23)21-8-6-11(7-9-21)15(22)20-14-5-4-12(19)10-13(14)18/h4-5,10-11H,6-9,19H2,1-3H3,(H,20,22). The van der Waals surface area contributed by atoms with Gasteiger partial charge in [-0.05, 0) is 51.8 Å². The number of rotatable bonds is 2. The van der Waals surface area contributed by atoms with E-state index < -0.39 is 11.4 Å². The summed E-state index contributed by atoms with van der Waals surface area (Å²) in [7, 11) is 0. The molecular formula is C17H24FN3O3. The molecule has 1 aromatic rings. The zero-order chi connectivity index (χ0) is 17.9. The second-order valence-corrected chi connectivity index (χ2v) is 6.97. The number of nitrogen functional groups attached to an aromatic ring is 1. The summed E-state index contributed by atoms with van der Waals surface area (Å²) in [5.41, 5.74) is 5.36. The highest BCUT2D eigenvalue weighted by molar-refractivity contribution is 5.93. The van der Waals surface area contributed by atoms with Gasteiger partial charge < -0.3 is 20.7 Å². The van der Waals surface area contributed by atoms with Crippen molar-refractivity contribution >= 4 is 23.4 Å². The third kappa shape index (κ3) is 4.84. The summed E-state index contributed by atoms with van der Waals surface area (Å²) in [6, 6.07) is 4.14. The summed E-state index contributed by atoms with van der Waals surface area (Å²) in [5, 5.41) is 2.59. The first kappa shape index (κ1) is 18.0. The van der Waals surface area contributed by atoms with E-state index in [0.717, 1.165) is 0 Å². The molecule has 2 rings (SSSR count). The molecule has 0 atom stereocenters. The van der Waals surface area contributed by atoms with Crippen molar-refractivity contribution in [3.63, 3.8) is 0 Å². The van der Waals surface area contributed by atoms with Crippen molar-refractivity contribution in [3.05, 3.63) is 24.0 Å². The number of nitrogens with zero attached hydrogens (tertiary/aromatic N) is 1. The largest absolute Gasteiger partial charge is 0.444 e. The lowest BCUT2D eigenvalue weighted by atomic mass is 9.96. The number of amides is 2. The second-order valence-electron chi connectivity index (χ2n) is 6.97. The van der Waals surface area contributed by atoms with Gasteiger partial charge in [-0.3, -0.25) is 4.79 Å². The van der Waals surface area contributed by atoms with Crippen LogP contribution >= 0.6 is 0 Å². The number of halogens is 1. The molecule has 3 N–H and O–H groups in total. The van der Waals surface area contributed by atoms with Gasteiger partial charge in [-0.25, -0.2) is 9.18 Å².